The molecule has 0 spiro atoms. The number of nitrogens with one attached hydrogen (secondary N) is 1. The molecule has 1 saturated heterocycles. The van der Waals surface area contributed by atoms with Gasteiger partial charge in [-0.05, 0) is 38.8 Å². The van der Waals surface area contributed by atoms with Gasteiger partial charge < -0.3 is 14.8 Å². The Morgan fingerprint density at radius 3 is 3.00 bits per heavy atom. The van der Waals surface area contributed by atoms with Crippen LogP contribution in [0.1, 0.15) is 37.2 Å². The Bertz CT molecular complexity index is 976. The zero-order chi connectivity index (χ0) is 19.0. The van der Waals surface area contributed by atoms with Gasteiger partial charge in [0.2, 0.25) is 0 Å². The number of amides is 1. The van der Waals surface area contributed by atoms with Crippen molar-refractivity contribution in [3.63, 3.8) is 0 Å². The molecule has 1 atom stereocenters. The number of aromatic nitrogens is 2. The molecular weight excluding hydrogens is 362 g/mol. The molecule has 6 nitrogen and oxygen atoms in total. The van der Waals surface area contributed by atoms with Crippen LogP contribution in [0.5, 0.6) is 5.75 Å². The van der Waals surface area contributed by atoms with Gasteiger partial charge in [0.15, 0.2) is 4.96 Å². The van der Waals surface area contributed by atoms with Gasteiger partial charge in [-0.15, -0.1) is 11.3 Å². The normalized spacial score (nSPS) is 19.1. The summed E-state index contributed by atoms with van der Waals surface area (Å²) < 4.78 is 13.0. The fraction of sp³-hybridized carbons (Fsp3) is 0.400. The van der Waals surface area contributed by atoms with Crippen LogP contribution in [-0.4, -0.2) is 40.7 Å². The summed E-state index contributed by atoms with van der Waals surface area (Å²) in [5.41, 5.74) is 2.11. The summed E-state index contributed by atoms with van der Waals surface area (Å²) in [4.78, 5) is 18.3. The highest BCUT2D eigenvalue weighted by Gasteiger charge is 2.30. The molecule has 1 aliphatic rings. The molecule has 0 aliphatic carbocycles. The highest BCUT2D eigenvalue weighted by atomic mass is 32.1. The molecule has 1 aromatic carbocycles. The predicted octanol–water partition coefficient (Wildman–Crippen LogP) is 3.76. The molecule has 0 unspecified atom stereocenters. The van der Waals surface area contributed by atoms with Crippen molar-refractivity contribution < 1.29 is 14.3 Å². The van der Waals surface area contributed by atoms with Gasteiger partial charge in [-0.3, -0.25) is 9.20 Å². The molecule has 7 heteroatoms. The van der Waals surface area contributed by atoms with Crippen LogP contribution in [-0.2, 0) is 4.74 Å². The lowest BCUT2D eigenvalue weighted by Gasteiger charge is -2.35. The molecule has 27 heavy (non-hydrogen) atoms. The Morgan fingerprint density at radius 1 is 1.41 bits per heavy atom. The summed E-state index contributed by atoms with van der Waals surface area (Å²) in [7, 11) is 1.64. The van der Waals surface area contributed by atoms with Crippen LogP contribution < -0.4 is 10.1 Å². The molecule has 3 heterocycles. The molecule has 1 N–H and O–H groups in total. The summed E-state index contributed by atoms with van der Waals surface area (Å²) in [6, 6.07) is 7.87. The van der Waals surface area contributed by atoms with Gasteiger partial charge in [-0.25, -0.2) is 4.98 Å². The van der Waals surface area contributed by atoms with E-state index in [1.54, 1.807) is 7.11 Å². The zero-order valence-corrected chi connectivity index (χ0v) is 16.5. The first-order valence-electron chi connectivity index (χ1n) is 9.02. The van der Waals surface area contributed by atoms with Gasteiger partial charge in [0, 0.05) is 29.8 Å². The van der Waals surface area contributed by atoms with E-state index in [1.165, 1.54) is 11.3 Å². The molecule has 1 aliphatic heterocycles. The number of thiazole rings is 1. The average molecular weight is 385 g/mol. The standard InChI is InChI=1S/C20H23N3O3S/c1-20(2)10-13(8-9-26-20)21-18(24)16-12-27-19-22-15(11-23(16)19)14-6-4-5-7-17(14)25-3/h4-7,11-13H,8-10H2,1-3H3,(H,21,24)/t13-/m0/s1. The van der Waals surface area contributed by atoms with E-state index < -0.39 is 0 Å². The smallest absolute Gasteiger partial charge is 0.269 e. The molecule has 1 amide bonds. The van der Waals surface area contributed by atoms with Crippen LogP contribution in [0.3, 0.4) is 0 Å². The number of carbonyl (C=O) groups excluding carboxylic acids is 1. The predicted molar refractivity (Wildman–Crippen MR) is 106 cm³/mol. The quantitative estimate of drug-likeness (QED) is 0.743. The number of para-hydroxylation sites is 1. The minimum atomic E-state index is -0.202. The van der Waals surface area contributed by atoms with Crippen molar-refractivity contribution >= 4 is 22.2 Å². The van der Waals surface area contributed by atoms with Crippen LogP contribution in [0.15, 0.2) is 35.8 Å². The SMILES string of the molecule is COc1ccccc1-c1cn2c(C(=O)N[C@H]3CCOC(C)(C)C3)csc2n1. The van der Waals surface area contributed by atoms with Gasteiger partial charge in [0.1, 0.15) is 11.4 Å². The van der Waals surface area contributed by atoms with Crippen molar-refractivity contribution in [2.75, 3.05) is 13.7 Å². The molecule has 4 rings (SSSR count). The minimum absolute atomic E-state index is 0.0760. The molecule has 142 valence electrons. The van der Waals surface area contributed by atoms with E-state index in [0.717, 1.165) is 34.8 Å². The fourth-order valence-electron chi connectivity index (χ4n) is 3.55. The molecule has 2 aromatic heterocycles. The number of hydrogen-bond acceptors (Lipinski definition) is 5. The van der Waals surface area contributed by atoms with Crippen molar-refractivity contribution in [2.24, 2.45) is 0 Å². The van der Waals surface area contributed by atoms with Crippen LogP contribution in [0.4, 0.5) is 0 Å². The summed E-state index contributed by atoms with van der Waals surface area (Å²) >= 11 is 1.46. The number of rotatable bonds is 4. The van der Waals surface area contributed by atoms with Crippen molar-refractivity contribution in [2.45, 2.75) is 38.3 Å². The third-order valence-corrected chi connectivity index (χ3v) is 5.70. The molecule has 0 bridgehead atoms. The molecular formula is C20H23N3O3S. The summed E-state index contributed by atoms with van der Waals surface area (Å²) in [6.45, 7) is 4.78. The van der Waals surface area contributed by atoms with Gasteiger partial charge in [0.25, 0.3) is 5.91 Å². The Balaban J connectivity index is 1.60. The number of hydrogen-bond donors (Lipinski definition) is 1. The van der Waals surface area contributed by atoms with Gasteiger partial charge >= 0.3 is 0 Å². The maximum atomic E-state index is 12.8. The maximum Gasteiger partial charge on any atom is 0.269 e. The molecule has 1 fully saturated rings. The number of carbonyl (C=O) groups is 1. The van der Waals surface area contributed by atoms with Crippen molar-refractivity contribution in [3.8, 4) is 17.0 Å². The van der Waals surface area contributed by atoms with Crippen LogP contribution in [0.25, 0.3) is 16.2 Å². The van der Waals surface area contributed by atoms with Crippen molar-refractivity contribution in [1.29, 1.82) is 0 Å². The second-order valence-corrected chi connectivity index (χ2v) is 8.21. The third-order valence-electron chi connectivity index (χ3n) is 4.86. The molecule has 0 radical (unpaired) electrons. The van der Waals surface area contributed by atoms with E-state index in [9.17, 15) is 4.79 Å². The van der Waals surface area contributed by atoms with E-state index in [-0.39, 0.29) is 17.6 Å². The lowest BCUT2D eigenvalue weighted by molar-refractivity contribution is -0.0615. The average Bonchev–Trinajstić information content (AvgIpc) is 3.21. The lowest BCUT2D eigenvalue weighted by atomic mass is 9.94. The summed E-state index contributed by atoms with van der Waals surface area (Å²) in [5.74, 6) is 0.687. The second-order valence-electron chi connectivity index (χ2n) is 7.37. The molecule has 3 aromatic rings. The van der Waals surface area contributed by atoms with E-state index in [4.69, 9.17) is 9.47 Å². The monoisotopic (exact) mass is 385 g/mol. The number of imidazole rings is 1. The highest BCUT2D eigenvalue weighted by Crippen LogP contribution is 2.31. The summed E-state index contributed by atoms with van der Waals surface area (Å²) in [5, 5.41) is 5.01. The lowest BCUT2D eigenvalue weighted by Crippen LogP contribution is -2.46. The number of fused-ring (bicyclic) bond motifs is 1. The third kappa shape index (κ3) is 3.57. The van der Waals surface area contributed by atoms with E-state index in [0.29, 0.717) is 12.3 Å². The first-order valence-corrected chi connectivity index (χ1v) is 9.89. The number of benzene rings is 1. The fourth-order valence-corrected chi connectivity index (χ4v) is 4.40. The van der Waals surface area contributed by atoms with Crippen LogP contribution >= 0.6 is 11.3 Å². The van der Waals surface area contributed by atoms with Gasteiger partial charge in [-0.2, -0.15) is 0 Å². The van der Waals surface area contributed by atoms with Gasteiger partial charge in [0.05, 0.1) is 18.4 Å². The largest absolute Gasteiger partial charge is 0.496 e. The Morgan fingerprint density at radius 2 is 2.22 bits per heavy atom. The first kappa shape index (κ1) is 18.0. The molecule has 0 saturated carbocycles. The van der Waals surface area contributed by atoms with Gasteiger partial charge in [-0.1, -0.05) is 12.1 Å². The van der Waals surface area contributed by atoms with E-state index in [2.05, 4.69) is 24.1 Å². The maximum absolute atomic E-state index is 12.8. The van der Waals surface area contributed by atoms with Crippen LogP contribution in [0.2, 0.25) is 0 Å². The van der Waals surface area contributed by atoms with E-state index >= 15 is 0 Å². The first-order chi connectivity index (χ1) is 13.0. The number of ether oxygens (including phenoxy) is 2. The Hall–Kier alpha value is -2.38. The highest BCUT2D eigenvalue weighted by molar-refractivity contribution is 7.15. The minimum Gasteiger partial charge on any atom is -0.496 e. The number of nitrogens with zero attached hydrogens (tertiary/aromatic N) is 2. The zero-order valence-electron chi connectivity index (χ0n) is 15.7. The van der Waals surface area contributed by atoms with Crippen molar-refractivity contribution in [3.05, 3.63) is 41.5 Å². The Kier molecular flexibility index (Phi) is 4.65. The number of methoxy groups -OCH3 is 1. The Labute approximate surface area is 162 Å². The topological polar surface area (TPSA) is 64.9 Å². The summed E-state index contributed by atoms with van der Waals surface area (Å²) in [6.07, 6.45) is 3.54. The van der Waals surface area contributed by atoms with Crippen LogP contribution in [0, 0.1) is 0 Å². The van der Waals surface area contributed by atoms with Crippen molar-refractivity contribution in [1.82, 2.24) is 14.7 Å². The second kappa shape index (κ2) is 6.98. The van der Waals surface area contributed by atoms with E-state index in [1.807, 2.05) is 40.2 Å².